The number of anilines is 1. The molecule has 3 aromatic carbocycles. The number of ether oxygens (including phenoxy) is 1. The van der Waals surface area contributed by atoms with Crippen LogP contribution in [-0.4, -0.2) is 28.4 Å². The van der Waals surface area contributed by atoms with Gasteiger partial charge in [0.2, 0.25) is 0 Å². The SMILES string of the molecule is CCCOc1ccc(/C(O)=C2\C(=O)C(=O)N(c3ccc(CC)cc3)C2c2c(C)[nH]c3ccccc23)cc1C. The van der Waals surface area contributed by atoms with E-state index >= 15 is 0 Å². The summed E-state index contributed by atoms with van der Waals surface area (Å²) in [5.74, 6) is -0.842. The Balaban J connectivity index is 1.73. The third-order valence-corrected chi connectivity index (χ3v) is 7.19. The second kappa shape index (κ2) is 10.2. The molecular weight excluding hydrogens is 476 g/mol. The highest BCUT2D eigenvalue weighted by atomic mass is 16.5. The monoisotopic (exact) mass is 508 g/mol. The van der Waals surface area contributed by atoms with E-state index in [0.717, 1.165) is 51.9 Å². The van der Waals surface area contributed by atoms with Gasteiger partial charge < -0.3 is 14.8 Å². The van der Waals surface area contributed by atoms with E-state index in [-0.39, 0.29) is 11.3 Å². The molecule has 1 aliphatic heterocycles. The molecule has 0 aliphatic carbocycles. The Morgan fingerprint density at radius 2 is 1.74 bits per heavy atom. The number of benzene rings is 3. The first kappa shape index (κ1) is 25.3. The summed E-state index contributed by atoms with van der Waals surface area (Å²) in [4.78, 5) is 32.1. The minimum absolute atomic E-state index is 0.0732. The molecule has 0 bridgehead atoms. The van der Waals surface area contributed by atoms with Gasteiger partial charge in [-0.2, -0.15) is 0 Å². The van der Waals surface area contributed by atoms with Crippen LogP contribution in [0.15, 0.2) is 72.3 Å². The van der Waals surface area contributed by atoms with E-state index in [1.807, 2.05) is 69.3 Å². The smallest absolute Gasteiger partial charge is 0.300 e. The van der Waals surface area contributed by atoms with Crippen molar-refractivity contribution in [1.82, 2.24) is 4.98 Å². The fraction of sp³-hybridized carbons (Fsp3) is 0.250. The Bertz CT molecular complexity index is 1560. The van der Waals surface area contributed by atoms with E-state index < -0.39 is 17.7 Å². The molecular formula is C32H32N2O4. The zero-order chi connectivity index (χ0) is 27.0. The van der Waals surface area contributed by atoms with Gasteiger partial charge in [0.05, 0.1) is 18.2 Å². The van der Waals surface area contributed by atoms with Crippen LogP contribution in [0, 0.1) is 13.8 Å². The van der Waals surface area contributed by atoms with Crippen molar-refractivity contribution in [1.29, 1.82) is 0 Å². The van der Waals surface area contributed by atoms with Crippen LogP contribution in [-0.2, 0) is 16.0 Å². The Morgan fingerprint density at radius 3 is 2.42 bits per heavy atom. The number of nitrogens with one attached hydrogen (secondary N) is 1. The number of aromatic amines is 1. The molecule has 2 N–H and O–H groups in total. The van der Waals surface area contributed by atoms with Crippen molar-refractivity contribution in [3.63, 3.8) is 0 Å². The van der Waals surface area contributed by atoms with Crippen molar-refractivity contribution < 1.29 is 19.4 Å². The molecule has 1 atom stereocenters. The van der Waals surface area contributed by atoms with Gasteiger partial charge in [-0.25, -0.2) is 0 Å². The normalized spacial score (nSPS) is 16.9. The van der Waals surface area contributed by atoms with Crippen molar-refractivity contribution in [2.75, 3.05) is 11.5 Å². The molecule has 1 aliphatic rings. The summed E-state index contributed by atoms with van der Waals surface area (Å²) in [6.07, 6.45) is 1.75. The number of carbonyl (C=O) groups is 2. The number of hydrogen-bond donors (Lipinski definition) is 2. The maximum absolute atomic E-state index is 13.6. The number of aliphatic hydroxyl groups excluding tert-OH is 1. The van der Waals surface area contributed by atoms with Crippen LogP contribution in [0.25, 0.3) is 16.7 Å². The number of H-pyrrole nitrogens is 1. The fourth-order valence-corrected chi connectivity index (χ4v) is 5.24. The molecule has 1 unspecified atom stereocenters. The van der Waals surface area contributed by atoms with E-state index in [2.05, 4.69) is 11.9 Å². The van der Waals surface area contributed by atoms with Crippen LogP contribution in [0.1, 0.15) is 54.3 Å². The molecule has 0 saturated carbocycles. The van der Waals surface area contributed by atoms with Crippen molar-refractivity contribution in [3.05, 3.63) is 100 Å². The van der Waals surface area contributed by atoms with Gasteiger partial charge in [-0.15, -0.1) is 0 Å². The molecule has 2 heterocycles. The van der Waals surface area contributed by atoms with Gasteiger partial charge in [0.1, 0.15) is 11.5 Å². The van der Waals surface area contributed by atoms with E-state index in [1.165, 1.54) is 4.90 Å². The molecule has 0 radical (unpaired) electrons. The highest BCUT2D eigenvalue weighted by Gasteiger charge is 2.48. The van der Waals surface area contributed by atoms with Gasteiger partial charge in [-0.05, 0) is 74.2 Å². The zero-order valence-corrected chi connectivity index (χ0v) is 22.2. The van der Waals surface area contributed by atoms with Crippen LogP contribution >= 0.6 is 0 Å². The average molecular weight is 509 g/mol. The first-order valence-corrected chi connectivity index (χ1v) is 13.1. The number of rotatable bonds is 7. The van der Waals surface area contributed by atoms with Gasteiger partial charge in [0.25, 0.3) is 11.7 Å². The first-order valence-electron chi connectivity index (χ1n) is 13.1. The number of hydrogen-bond acceptors (Lipinski definition) is 4. The van der Waals surface area contributed by atoms with Crippen LogP contribution in [0.2, 0.25) is 0 Å². The van der Waals surface area contributed by atoms with Crippen LogP contribution in [0.3, 0.4) is 0 Å². The summed E-state index contributed by atoms with van der Waals surface area (Å²) in [6.45, 7) is 8.53. The Kier molecular flexibility index (Phi) is 6.81. The Hall–Kier alpha value is -4.32. The molecule has 1 fully saturated rings. The summed E-state index contributed by atoms with van der Waals surface area (Å²) in [5, 5.41) is 12.5. The Morgan fingerprint density at radius 1 is 1.00 bits per heavy atom. The number of aryl methyl sites for hydroxylation is 3. The summed E-state index contributed by atoms with van der Waals surface area (Å²) in [5.41, 5.74) is 5.65. The molecule has 4 aromatic rings. The Labute approximate surface area is 222 Å². The lowest BCUT2D eigenvalue weighted by molar-refractivity contribution is -0.132. The number of aromatic nitrogens is 1. The lowest BCUT2D eigenvalue weighted by atomic mass is 9.92. The van der Waals surface area contributed by atoms with E-state index in [9.17, 15) is 14.7 Å². The van der Waals surface area contributed by atoms with Crippen molar-refractivity contribution in [2.24, 2.45) is 0 Å². The molecule has 1 saturated heterocycles. The van der Waals surface area contributed by atoms with Crippen molar-refractivity contribution in [3.8, 4) is 5.75 Å². The van der Waals surface area contributed by atoms with Gasteiger partial charge in [-0.1, -0.05) is 44.2 Å². The van der Waals surface area contributed by atoms with E-state index in [1.54, 1.807) is 18.2 Å². The van der Waals surface area contributed by atoms with Gasteiger partial charge in [0, 0.05) is 33.4 Å². The second-order valence-corrected chi connectivity index (χ2v) is 9.73. The fourth-order valence-electron chi connectivity index (χ4n) is 5.24. The number of para-hydroxylation sites is 1. The van der Waals surface area contributed by atoms with Crippen LogP contribution < -0.4 is 9.64 Å². The van der Waals surface area contributed by atoms with Gasteiger partial charge in [-0.3, -0.25) is 14.5 Å². The van der Waals surface area contributed by atoms with E-state index in [0.29, 0.717) is 17.9 Å². The van der Waals surface area contributed by atoms with E-state index in [4.69, 9.17) is 4.74 Å². The third kappa shape index (κ3) is 4.26. The summed E-state index contributed by atoms with van der Waals surface area (Å²) in [6, 6.07) is 20.0. The molecule has 6 nitrogen and oxygen atoms in total. The third-order valence-electron chi connectivity index (χ3n) is 7.19. The first-order chi connectivity index (χ1) is 18.3. The molecule has 38 heavy (non-hydrogen) atoms. The highest BCUT2D eigenvalue weighted by molar-refractivity contribution is 6.52. The predicted octanol–water partition coefficient (Wildman–Crippen LogP) is 6.76. The number of carbonyl (C=O) groups excluding carboxylic acids is 2. The molecule has 0 spiro atoms. The topological polar surface area (TPSA) is 82.6 Å². The zero-order valence-electron chi connectivity index (χ0n) is 22.2. The maximum atomic E-state index is 13.6. The molecule has 6 heteroatoms. The predicted molar refractivity (Wildman–Crippen MR) is 151 cm³/mol. The molecule has 194 valence electrons. The van der Waals surface area contributed by atoms with Crippen LogP contribution in [0.4, 0.5) is 5.69 Å². The lowest BCUT2D eigenvalue weighted by Crippen LogP contribution is -2.29. The minimum Gasteiger partial charge on any atom is -0.507 e. The highest BCUT2D eigenvalue weighted by Crippen LogP contribution is 2.45. The summed E-state index contributed by atoms with van der Waals surface area (Å²) >= 11 is 0. The number of aliphatic hydroxyl groups is 1. The van der Waals surface area contributed by atoms with Gasteiger partial charge >= 0.3 is 0 Å². The standard InChI is InChI=1S/C32H32N2O4/c1-5-17-38-26-16-13-22(18-19(26)3)30(35)28-29(27-20(4)33-25-10-8-7-9-24(25)27)34(32(37)31(28)36)23-14-11-21(6-2)12-15-23/h7-16,18,29,33,35H,5-6,17H2,1-4H3/b30-28+. The number of amides is 1. The number of ketones is 1. The molecule has 1 aromatic heterocycles. The van der Waals surface area contributed by atoms with Crippen molar-refractivity contribution >= 4 is 34.0 Å². The molecule has 1 amide bonds. The number of nitrogens with zero attached hydrogens (tertiary/aromatic N) is 1. The number of fused-ring (bicyclic) bond motifs is 1. The maximum Gasteiger partial charge on any atom is 0.300 e. The second-order valence-electron chi connectivity index (χ2n) is 9.73. The van der Waals surface area contributed by atoms with Crippen LogP contribution in [0.5, 0.6) is 5.75 Å². The largest absolute Gasteiger partial charge is 0.507 e. The summed E-state index contributed by atoms with van der Waals surface area (Å²) in [7, 11) is 0. The summed E-state index contributed by atoms with van der Waals surface area (Å²) < 4.78 is 5.79. The lowest BCUT2D eigenvalue weighted by Gasteiger charge is -2.26. The average Bonchev–Trinajstić information content (AvgIpc) is 3.39. The number of Topliss-reactive ketones (excluding diaryl/α,β-unsaturated/α-hetero) is 1. The quantitative estimate of drug-likeness (QED) is 0.164. The molecule has 5 rings (SSSR count). The van der Waals surface area contributed by atoms with Gasteiger partial charge in [0.15, 0.2) is 0 Å². The minimum atomic E-state index is -0.796. The van der Waals surface area contributed by atoms with Crippen molar-refractivity contribution in [2.45, 2.75) is 46.6 Å².